The van der Waals surface area contributed by atoms with Crippen LogP contribution >= 0.6 is 7.82 Å². The Hall–Kier alpha value is -1.28. The number of rotatable bonds is 54. The zero-order valence-electron chi connectivity index (χ0n) is 43.0. The Balaban J connectivity index is 3.90. The van der Waals surface area contributed by atoms with Gasteiger partial charge in [-0.3, -0.25) is 13.8 Å². The Labute approximate surface area is 403 Å². The Morgan fingerprint density at radius 1 is 0.462 bits per heavy atom. The number of phosphoric ester groups is 1. The summed E-state index contributed by atoms with van der Waals surface area (Å²) in [7, 11) is -4.29. The van der Waals surface area contributed by atoms with E-state index in [4.69, 9.17) is 24.3 Å². The number of esters is 1. The molecule has 0 saturated heterocycles. The number of allylic oxidation sites excluding steroid dienone is 6. The van der Waals surface area contributed by atoms with E-state index in [2.05, 4.69) is 50.3 Å². The normalized spacial score (nSPS) is 13.5. The van der Waals surface area contributed by atoms with Gasteiger partial charge in [0.2, 0.25) is 0 Å². The number of hydrogen-bond donors (Lipinski definition) is 2. The molecule has 0 aromatic heterocycles. The van der Waals surface area contributed by atoms with E-state index in [1.165, 1.54) is 205 Å². The van der Waals surface area contributed by atoms with Crippen LogP contribution in [0.1, 0.15) is 277 Å². The molecule has 2 atom stereocenters. The maximum Gasteiger partial charge on any atom is 0.472 e. The summed E-state index contributed by atoms with van der Waals surface area (Å²) < 4.78 is 33.7. The molecule has 0 rings (SSSR count). The SMILES string of the molecule is CCCCCCC/C=C\C/C=C\C/C=C\CCCCCCCCCCC(=O)OC(COCCCCCCCCCCCCCCCCCCCCCCCCC)COP(=O)(O)OCCN. The van der Waals surface area contributed by atoms with Gasteiger partial charge >= 0.3 is 13.8 Å². The molecule has 384 valence electrons. The number of carbonyl (C=O) groups excluding carboxylic acids is 1. The van der Waals surface area contributed by atoms with E-state index in [1.54, 1.807) is 0 Å². The van der Waals surface area contributed by atoms with Crippen molar-refractivity contribution in [3.05, 3.63) is 36.5 Å². The number of carbonyl (C=O) groups is 1. The van der Waals surface area contributed by atoms with Crippen molar-refractivity contribution in [3.63, 3.8) is 0 Å². The van der Waals surface area contributed by atoms with Crippen LogP contribution in [0.25, 0.3) is 0 Å². The molecule has 0 aliphatic heterocycles. The maximum absolute atomic E-state index is 12.7. The molecule has 2 unspecified atom stereocenters. The van der Waals surface area contributed by atoms with E-state index in [0.29, 0.717) is 13.0 Å². The van der Waals surface area contributed by atoms with Crippen molar-refractivity contribution >= 4 is 13.8 Å². The molecule has 3 N–H and O–H groups in total. The van der Waals surface area contributed by atoms with Gasteiger partial charge in [-0.25, -0.2) is 4.57 Å². The molecule has 0 spiro atoms. The summed E-state index contributed by atoms with van der Waals surface area (Å²) >= 11 is 0. The fourth-order valence-electron chi connectivity index (χ4n) is 8.18. The summed E-state index contributed by atoms with van der Waals surface area (Å²) in [4.78, 5) is 22.6. The third kappa shape index (κ3) is 53.5. The van der Waals surface area contributed by atoms with Gasteiger partial charge < -0.3 is 20.1 Å². The van der Waals surface area contributed by atoms with E-state index >= 15 is 0 Å². The molecule has 0 heterocycles. The number of nitrogens with two attached hydrogens (primary N) is 1. The highest BCUT2D eigenvalue weighted by atomic mass is 31.2. The largest absolute Gasteiger partial charge is 0.472 e. The van der Waals surface area contributed by atoms with E-state index in [1.807, 2.05) is 0 Å². The third-order valence-electron chi connectivity index (χ3n) is 12.3. The van der Waals surface area contributed by atoms with Crippen LogP contribution in [-0.2, 0) is 27.9 Å². The molecular weight excluding hydrogens is 830 g/mol. The van der Waals surface area contributed by atoms with Crippen LogP contribution in [0, 0.1) is 0 Å². The first kappa shape index (κ1) is 63.7. The lowest BCUT2D eigenvalue weighted by Gasteiger charge is -2.20. The summed E-state index contributed by atoms with van der Waals surface area (Å²) in [6.07, 6.45) is 64.8. The van der Waals surface area contributed by atoms with Gasteiger partial charge in [-0.15, -0.1) is 0 Å². The van der Waals surface area contributed by atoms with Gasteiger partial charge in [0.1, 0.15) is 6.10 Å². The zero-order chi connectivity index (χ0) is 47.3. The van der Waals surface area contributed by atoms with Gasteiger partial charge in [0.25, 0.3) is 0 Å². The first-order valence-corrected chi connectivity index (χ1v) is 29.5. The first-order chi connectivity index (χ1) is 31.9. The monoisotopic (exact) mass is 938 g/mol. The van der Waals surface area contributed by atoms with Crippen LogP contribution in [0.3, 0.4) is 0 Å². The lowest BCUT2D eigenvalue weighted by molar-refractivity contribution is -0.154. The molecule has 0 aromatic rings. The molecule has 0 amide bonds. The minimum absolute atomic E-state index is 0.0956. The molecule has 0 aliphatic carbocycles. The number of phosphoric acid groups is 1. The lowest BCUT2D eigenvalue weighted by Crippen LogP contribution is -2.28. The minimum Gasteiger partial charge on any atom is -0.457 e. The molecule has 9 heteroatoms. The van der Waals surface area contributed by atoms with Crippen molar-refractivity contribution in [2.45, 2.75) is 283 Å². The van der Waals surface area contributed by atoms with E-state index in [-0.39, 0.29) is 32.3 Å². The van der Waals surface area contributed by atoms with Crippen molar-refractivity contribution < 1.29 is 32.8 Å². The molecule has 0 fully saturated rings. The Kier molecular flexibility index (Phi) is 52.6. The Morgan fingerprint density at radius 2 is 0.815 bits per heavy atom. The standard InChI is InChI=1S/C56H108NO7P/c1-3-5-7-9-11-13-15-17-19-21-23-25-27-29-31-33-35-37-39-41-43-45-47-49-56(58)64-55(54-63-65(59,60)62-52-50-57)53-61-51-48-46-44-42-40-38-36-34-32-30-28-26-24-22-20-18-16-14-12-10-8-6-4-2/h15,17,21,23,27,29,55H,3-14,16,18-20,22,24-26,28,30-54,57H2,1-2H3,(H,59,60)/b17-15-,23-21-,29-27-. The summed E-state index contributed by atoms with van der Waals surface area (Å²) in [5.41, 5.74) is 5.40. The predicted octanol–water partition coefficient (Wildman–Crippen LogP) is 17.7. The van der Waals surface area contributed by atoms with Crippen LogP contribution in [0.2, 0.25) is 0 Å². The van der Waals surface area contributed by atoms with Gasteiger partial charge in [-0.1, -0.05) is 256 Å². The second-order valence-corrected chi connectivity index (χ2v) is 20.3. The quantitative estimate of drug-likeness (QED) is 0.0268. The summed E-state index contributed by atoms with van der Waals surface area (Å²) in [6, 6.07) is 0. The third-order valence-corrected chi connectivity index (χ3v) is 13.3. The average Bonchev–Trinajstić information content (AvgIpc) is 3.30. The molecule has 8 nitrogen and oxygen atoms in total. The fraction of sp³-hybridized carbons (Fsp3) is 0.875. The second kappa shape index (κ2) is 53.7. The summed E-state index contributed by atoms with van der Waals surface area (Å²) in [6.45, 7) is 4.96. The van der Waals surface area contributed by atoms with E-state index < -0.39 is 13.9 Å². The smallest absolute Gasteiger partial charge is 0.457 e. The summed E-state index contributed by atoms with van der Waals surface area (Å²) in [5.74, 6) is -0.332. The van der Waals surface area contributed by atoms with Crippen molar-refractivity contribution in [2.24, 2.45) is 5.73 Å². The maximum atomic E-state index is 12.7. The Morgan fingerprint density at radius 3 is 1.22 bits per heavy atom. The van der Waals surface area contributed by atoms with Gasteiger partial charge in [-0.2, -0.15) is 0 Å². The van der Waals surface area contributed by atoms with Gasteiger partial charge in [0, 0.05) is 19.6 Å². The van der Waals surface area contributed by atoms with Gasteiger partial charge in [0.05, 0.1) is 19.8 Å². The second-order valence-electron chi connectivity index (χ2n) is 18.8. The highest BCUT2D eigenvalue weighted by Crippen LogP contribution is 2.43. The Bertz CT molecular complexity index is 1100. The van der Waals surface area contributed by atoms with Crippen LogP contribution in [-0.4, -0.2) is 49.9 Å². The van der Waals surface area contributed by atoms with Crippen molar-refractivity contribution in [3.8, 4) is 0 Å². The van der Waals surface area contributed by atoms with Gasteiger partial charge in [0.15, 0.2) is 0 Å². The molecular formula is C56H108NO7P. The predicted molar refractivity (Wildman–Crippen MR) is 280 cm³/mol. The molecule has 65 heavy (non-hydrogen) atoms. The minimum atomic E-state index is -4.29. The number of ether oxygens (including phenoxy) is 2. The fourth-order valence-corrected chi connectivity index (χ4v) is 8.95. The molecule has 0 radical (unpaired) electrons. The summed E-state index contributed by atoms with van der Waals surface area (Å²) in [5, 5.41) is 0. The number of unbranched alkanes of at least 4 members (excludes halogenated alkanes) is 35. The van der Waals surface area contributed by atoms with Crippen molar-refractivity contribution in [2.75, 3.05) is 33.0 Å². The van der Waals surface area contributed by atoms with Crippen molar-refractivity contribution in [1.82, 2.24) is 0 Å². The first-order valence-electron chi connectivity index (χ1n) is 28.0. The average molecular weight is 938 g/mol. The van der Waals surface area contributed by atoms with Crippen LogP contribution < -0.4 is 5.73 Å². The van der Waals surface area contributed by atoms with E-state index in [0.717, 1.165) is 51.4 Å². The number of hydrogen-bond acceptors (Lipinski definition) is 7. The zero-order valence-corrected chi connectivity index (χ0v) is 43.9. The molecule has 0 aromatic carbocycles. The van der Waals surface area contributed by atoms with Gasteiger partial charge in [-0.05, 0) is 51.4 Å². The van der Waals surface area contributed by atoms with Crippen LogP contribution in [0.5, 0.6) is 0 Å². The molecule has 0 saturated carbocycles. The van der Waals surface area contributed by atoms with Crippen molar-refractivity contribution in [1.29, 1.82) is 0 Å². The molecule has 0 aliphatic rings. The van der Waals surface area contributed by atoms with Crippen LogP contribution in [0.4, 0.5) is 0 Å². The molecule has 0 bridgehead atoms. The highest BCUT2D eigenvalue weighted by molar-refractivity contribution is 7.47. The lowest BCUT2D eigenvalue weighted by atomic mass is 10.0. The highest BCUT2D eigenvalue weighted by Gasteiger charge is 2.25. The van der Waals surface area contributed by atoms with Crippen LogP contribution in [0.15, 0.2) is 36.5 Å². The topological polar surface area (TPSA) is 117 Å². The van der Waals surface area contributed by atoms with E-state index in [9.17, 15) is 14.3 Å².